The fourth-order valence-electron chi connectivity index (χ4n) is 4.70. The van der Waals surface area contributed by atoms with Gasteiger partial charge in [0.05, 0.1) is 19.8 Å². The number of hydrogen-bond acceptors (Lipinski definition) is 4. The van der Waals surface area contributed by atoms with E-state index in [-0.39, 0.29) is 24.1 Å². The maximum Gasteiger partial charge on any atom is 0.430 e. The highest BCUT2D eigenvalue weighted by Gasteiger charge is 2.71. The summed E-state index contributed by atoms with van der Waals surface area (Å²) >= 11 is 3.42. The molecular weight excluding hydrogens is 520 g/mol. The van der Waals surface area contributed by atoms with E-state index in [4.69, 9.17) is 9.47 Å². The van der Waals surface area contributed by atoms with Gasteiger partial charge in [-0.25, -0.2) is 0 Å². The molecule has 2 aromatic carbocycles. The molecule has 2 aromatic rings. The van der Waals surface area contributed by atoms with Gasteiger partial charge in [0.15, 0.2) is 11.5 Å². The van der Waals surface area contributed by atoms with Gasteiger partial charge in [0.25, 0.3) is 5.60 Å². The zero-order valence-electron chi connectivity index (χ0n) is 17.7. The lowest BCUT2D eigenvalue weighted by molar-refractivity contribution is -0.376. The van der Waals surface area contributed by atoms with Gasteiger partial charge in [-0.1, -0.05) is 35.8 Å². The summed E-state index contributed by atoms with van der Waals surface area (Å²) < 4.78 is 92.6. The Morgan fingerprint density at radius 2 is 1.73 bits per heavy atom. The number of hydrogen-bond donors (Lipinski definition) is 2. The van der Waals surface area contributed by atoms with Gasteiger partial charge < -0.3 is 19.9 Å². The van der Waals surface area contributed by atoms with E-state index < -0.39 is 28.9 Å². The van der Waals surface area contributed by atoms with Crippen molar-refractivity contribution in [1.29, 1.82) is 0 Å². The summed E-state index contributed by atoms with van der Waals surface area (Å²) in [4.78, 5) is 0. The van der Waals surface area contributed by atoms with Crippen LogP contribution in [0.15, 0.2) is 34.8 Å². The number of halogens is 7. The first-order valence-corrected chi connectivity index (χ1v) is 10.7. The molecule has 2 atom stereocenters. The lowest BCUT2D eigenvalue weighted by Gasteiger charge is -2.49. The van der Waals surface area contributed by atoms with E-state index in [0.29, 0.717) is 23.3 Å². The molecule has 0 aromatic heterocycles. The number of methoxy groups -OCH3 is 1. The van der Waals surface area contributed by atoms with Crippen LogP contribution in [0.2, 0.25) is 0 Å². The smallest absolute Gasteiger partial charge is 0.430 e. The zero-order valence-corrected chi connectivity index (χ0v) is 19.2. The predicted molar refractivity (Wildman–Crippen MR) is 112 cm³/mol. The molecule has 0 amide bonds. The van der Waals surface area contributed by atoms with Gasteiger partial charge >= 0.3 is 12.4 Å². The van der Waals surface area contributed by atoms with Crippen molar-refractivity contribution in [2.75, 3.05) is 19.0 Å². The van der Waals surface area contributed by atoms with Gasteiger partial charge in [0.2, 0.25) is 0 Å². The number of aliphatic hydroxyl groups is 1. The van der Waals surface area contributed by atoms with E-state index in [2.05, 4.69) is 21.2 Å². The molecule has 180 valence electrons. The van der Waals surface area contributed by atoms with E-state index in [1.165, 1.54) is 7.11 Å². The number of nitrogens with one attached hydrogen (secondary N) is 1. The summed E-state index contributed by atoms with van der Waals surface area (Å²) in [6.07, 6.45) is -11.9. The molecule has 0 aliphatic carbocycles. The Morgan fingerprint density at radius 1 is 1.09 bits per heavy atom. The second kappa shape index (κ2) is 7.43. The molecule has 2 N–H and O–H groups in total. The normalized spacial score (nSPS) is 21.8. The quantitative estimate of drug-likeness (QED) is 0.444. The Balaban J connectivity index is 1.86. The molecule has 0 unspecified atom stereocenters. The van der Waals surface area contributed by atoms with Gasteiger partial charge in [-0.15, -0.1) is 0 Å². The minimum atomic E-state index is -5.95. The fourth-order valence-corrected chi connectivity index (χ4v) is 5.15. The zero-order chi connectivity index (χ0) is 24.6. The molecule has 0 spiro atoms. The van der Waals surface area contributed by atoms with Crippen LogP contribution in [-0.4, -0.2) is 31.2 Å². The summed E-state index contributed by atoms with van der Waals surface area (Å²) in [7, 11) is 1.50. The molecule has 33 heavy (non-hydrogen) atoms. The van der Waals surface area contributed by atoms with E-state index in [0.717, 1.165) is 22.2 Å². The van der Waals surface area contributed by atoms with Gasteiger partial charge in [0, 0.05) is 32.6 Å². The van der Waals surface area contributed by atoms with Crippen molar-refractivity contribution < 1.29 is 40.9 Å². The lowest BCUT2D eigenvalue weighted by Crippen LogP contribution is -2.54. The van der Waals surface area contributed by atoms with Gasteiger partial charge in [0.1, 0.15) is 0 Å². The number of alkyl halides is 6. The van der Waals surface area contributed by atoms with Crippen molar-refractivity contribution in [3.63, 3.8) is 0 Å². The van der Waals surface area contributed by atoms with Crippen LogP contribution >= 0.6 is 15.9 Å². The molecular formula is C22H20BrF6NO3. The summed E-state index contributed by atoms with van der Waals surface area (Å²) in [6.45, 7) is 3.62. The maximum absolute atomic E-state index is 13.4. The standard InChI is InChI=1S/C22H20BrF6NO3/c1-19(2)13-6-10(20(31,21(24,25)26)22(27,28)29)4-5-15(13)30-17-12-7-11(23)8-16(32-3)18(12)33-9-14(17)19/h4-8,14,17,30-31H,9H2,1-3H3/t14-,17+/m1/s1. The summed E-state index contributed by atoms with van der Waals surface area (Å²) in [5.41, 5.74) is -5.81. The first-order chi connectivity index (χ1) is 15.1. The summed E-state index contributed by atoms with van der Waals surface area (Å²) in [5.74, 6) is 0.685. The maximum atomic E-state index is 13.4. The molecule has 0 fully saturated rings. The number of rotatable bonds is 2. The molecule has 2 aliphatic heterocycles. The van der Waals surface area contributed by atoms with E-state index >= 15 is 0 Å². The van der Waals surface area contributed by atoms with Crippen LogP contribution in [-0.2, 0) is 11.0 Å². The van der Waals surface area contributed by atoms with Gasteiger partial charge in [-0.3, -0.25) is 0 Å². The minimum Gasteiger partial charge on any atom is -0.493 e. The highest BCUT2D eigenvalue weighted by Crippen LogP contribution is 2.56. The van der Waals surface area contributed by atoms with Crippen molar-refractivity contribution in [3.05, 3.63) is 51.5 Å². The lowest BCUT2D eigenvalue weighted by atomic mass is 9.64. The second-order valence-corrected chi connectivity index (χ2v) is 9.67. The number of fused-ring (bicyclic) bond motifs is 4. The Hall–Kier alpha value is -2.14. The topological polar surface area (TPSA) is 50.7 Å². The monoisotopic (exact) mass is 539 g/mol. The third-order valence-corrected chi connectivity index (χ3v) is 7.06. The van der Waals surface area contributed by atoms with Crippen molar-refractivity contribution in [2.45, 2.75) is 43.3 Å². The molecule has 2 heterocycles. The molecule has 0 bridgehead atoms. The van der Waals surface area contributed by atoms with Crippen LogP contribution in [0, 0.1) is 5.92 Å². The van der Waals surface area contributed by atoms with Crippen LogP contribution in [0.4, 0.5) is 32.0 Å². The van der Waals surface area contributed by atoms with Gasteiger partial charge in [-0.2, -0.15) is 26.3 Å². The Kier molecular flexibility index (Phi) is 5.40. The third kappa shape index (κ3) is 3.46. The molecule has 4 nitrogen and oxygen atoms in total. The van der Waals surface area contributed by atoms with Crippen LogP contribution in [0.25, 0.3) is 0 Å². The Labute approximate surface area is 194 Å². The minimum absolute atomic E-state index is 0.155. The predicted octanol–water partition coefficient (Wildman–Crippen LogP) is 6.22. The van der Waals surface area contributed by atoms with Crippen molar-refractivity contribution in [2.24, 2.45) is 5.92 Å². The highest BCUT2D eigenvalue weighted by molar-refractivity contribution is 9.10. The molecule has 11 heteroatoms. The Bertz CT molecular complexity index is 1080. The van der Waals surface area contributed by atoms with Crippen LogP contribution < -0.4 is 14.8 Å². The Morgan fingerprint density at radius 3 is 2.30 bits per heavy atom. The molecule has 4 rings (SSSR count). The SMILES string of the molecule is COc1cc(Br)cc2c1OC[C@@H]1[C@H]2Nc2ccc(C(O)(C(F)(F)F)C(F)(F)F)cc2C1(C)C. The van der Waals surface area contributed by atoms with E-state index in [1.807, 2.05) is 6.07 Å². The number of benzene rings is 2. The first kappa shape index (κ1) is 24.0. The van der Waals surface area contributed by atoms with Gasteiger partial charge in [-0.05, 0) is 29.8 Å². The largest absolute Gasteiger partial charge is 0.493 e. The summed E-state index contributed by atoms with van der Waals surface area (Å²) in [6, 6.07) is 5.83. The molecule has 0 radical (unpaired) electrons. The van der Waals surface area contributed by atoms with E-state index in [9.17, 15) is 31.4 Å². The van der Waals surface area contributed by atoms with Crippen molar-refractivity contribution in [3.8, 4) is 11.5 Å². The van der Waals surface area contributed by atoms with Crippen molar-refractivity contribution in [1.82, 2.24) is 0 Å². The average molecular weight is 540 g/mol. The van der Waals surface area contributed by atoms with Crippen LogP contribution in [0.5, 0.6) is 11.5 Å². The first-order valence-electron chi connectivity index (χ1n) is 9.90. The molecule has 0 saturated heterocycles. The van der Waals surface area contributed by atoms with Crippen LogP contribution in [0.3, 0.4) is 0 Å². The molecule has 0 saturated carbocycles. The second-order valence-electron chi connectivity index (χ2n) is 8.75. The highest BCUT2D eigenvalue weighted by atomic mass is 79.9. The van der Waals surface area contributed by atoms with E-state index in [1.54, 1.807) is 19.9 Å². The van der Waals surface area contributed by atoms with Crippen LogP contribution in [0.1, 0.15) is 36.6 Å². The number of ether oxygens (including phenoxy) is 2. The fraction of sp³-hybridized carbons (Fsp3) is 0.455. The third-order valence-electron chi connectivity index (χ3n) is 6.60. The summed E-state index contributed by atoms with van der Waals surface area (Å²) in [5, 5.41) is 13.1. The average Bonchev–Trinajstić information content (AvgIpc) is 2.70. The molecule has 2 aliphatic rings. The number of anilines is 1. The van der Waals surface area contributed by atoms with Crippen molar-refractivity contribution >= 4 is 21.6 Å².